The highest BCUT2D eigenvalue weighted by molar-refractivity contribution is 7.17. The van der Waals surface area contributed by atoms with Crippen molar-refractivity contribution in [2.24, 2.45) is 0 Å². The lowest BCUT2D eigenvalue weighted by molar-refractivity contribution is -0.138. The number of hydrogen-bond acceptors (Lipinski definition) is 4. The zero-order valence-corrected chi connectivity index (χ0v) is 12.2. The van der Waals surface area contributed by atoms with Crippen LogP contribution in [-0.2, 0) is 4.79 Å². The fourth-order valence-corrected chi connectivity index (χ4v) is 2.68. The second-order valence-electron chi connectivity index (χ2n) is 4.45. The minimum absolute atomic E-state index is 0.279. The molecule has 1 aromatic heterocycles. The zero-order valence-electron chi connectivity index (χ0n) is 11.4. The van der Waals surface area contributed by atoms with Gasteiger partial charge in [-0.2, -0.15) is 0 Å². The highest BCUT2D eigenvalue weighted by Crippen LogP contribution is 2.29. The van der Waals surface area contributed by atoms with Gasteiger partial charge < -0.3 is 10.4 Å². The van der Waals surface area contributed by atoms with Gasteiger partial charge in [0.15, 0.2) is 0 Å². The predicted molar refractivity (Wildman–Crippen MR) is 76.8 cm³/mol. The highest BCUT2D eigenvalue weighted by atomic mass is 32.1. The minimum Gasteiger partial charge on any atom is -0.480 e. The van der Waals surface area contributed by atoms with Gasteiger partial charge in [0.25, 0.3) is 5.91 Å². The molecular weight excluding hydrogens is 295 g/mol. The number of nitrogens with one attached hydrogen (secondary N) is 1. The van der Waals surface area contributed by atoms with Gasteiger partial charge in [0.05, 0.1) is 5.69 Å². The van der Waals surface area contributed by atoms with Crippen LogP contribution in [0.4, 0.5) is 4.39 Å². The number of hydrogen-bond donors (Lipinski definition) is 2. The standard InChI is InChI=1S/C14H13FN2O3S/c1-7-11(12(18)16-8(2)14(19)20)21-13(17-7)9-5-3-4-6-10(9)15/h3-6,8H,1-2H3,(H,16,18)(H,19,20). The lowest BCUT2D eigenvalue weighted by Crippen LogP contribution is -2.38. The van der Waals surface area contributed by atoms with Crippen LogP contribution in [0.2, 0.25) is 0 Å². The van der Waals surface area contributed by atoms with Gasteiger partial charge in [-0.15, -0.1) is 11.3 Å². The summed E-state index contributed by atoms with van der Waals surface area (Å²) in [7, 11) is 0. The fourth-order valence-electron chi connectivity index (χ4n) is 1.68. The van der Waals surface area contributed by atoms with Crippen LogP contribution in [0.25, 0.3) is 10.6 Å². The van der Waals surface area contributed by atoms with Crippen molar-refractivity contribution in [1.29, 1.82) is 0 Å². The third kappa shape index (κ3) is 3.25. The van der Waals surface area contributed by atoms with Gasteiger partial charge in [0.1, 0.15) is 21.7 Å². The van der Waals surface area contributed by atoms with E-state index in [4.69, 9.17) is 5.11 Å². The summed E-state index contributed by atoms with van der Waals surface area (Å²) < 4.78 is 13.7. The normalized spacial score (nSPS) is 12.0. The summed E-state index contributed by atoms with van der Waals surface area (Å²) in [5, 5.41) is 11.5. The zero-order chi connectivity index (χ0) is 15.6. The second-order valence-corrected chi connectivity index (χ2v) is 5.45. The first-order valence-electron chi connectivity index (χ1n) is 6.16. The van der Waals surface area contributed by atoms with Crippen LogP contribution in [0.5, 0.6) is 0 Å². The van der Waals surface area contributed by atoms with E-state index in [1.54, 1.807) is 25.1 Å². The SMILES string of the molecule is Cc1nc(-c2ccccc2F)sc1C(=O)NC(C)C(=O)O. The van der Waals surface area contributed by atoms with Crippen LogP contribution >= 0.6 is 11.3 Å². The van der Waals surface area contributed by atoms with E-state index >= 15 is 0 Å². The summed E-state index contributed by atoms with van der Waals surface area (Å²) >= 11 is 1.03. The van der Waals surface area contributed by atoms with Crippen LogP contribution in [0.1, 0.15) is 22.3 Å². The van der Waals surface area contributed by atoms with Crippen LogP contribution in [0.15, 0.2) is 24.3 Å². The molecule has 0 fully saturated rings. The van der Waals surface area contributed by atoms with E-state index in [9.17, 15) is 14.0 Å². The van der Waals surface area contributed by atoms with Crippen molar-refractivity contribution in [3.05, 3.63) is 40.7 Å². The Balaban J connectivity index is 2.30. The van der Waals surface area contributed by atoms with E-state index in [0.717, 1.165) is 11.3 Å². The highest BCUT2D eigenvalue weighted by Gasteiger charge is 2.21. The molecule has 0 aliphatic carbocycles. The molecule has 1 atom stereocenters. The van der Waals surface area contributed by atoms with E-state index < -0.39 is 23.7 Å². The molecule has 1 unspecified atom stereocenters. The Morgan fingerprint density at radius 2 is 2.05 bits per heavy atom. The monoisotopic (exact) mass is 308 g/mol. The van der Waals surface area contributed by atoms with Crippen LogP contribution in [-0.4, -0.2) is 28.0 Å². The fraction of sp³-hybridized carbons (Fsp3) is 0.214. The number of carbonyl (C=O) groups excluding carboxylic acids is 1. The topological polar surface area (TPSA) is 79.3 Å². The van der Waals surface area contributed by atoms with Crippen molar-refractivity contribution in [3.63, 3.8) is 0 Å². The maximum atomic E-state index is 13.7. The Labute approximate surface area is 124 Å². The molecule has 5 nitrogen and oxygen atoms in total. The first-order chi connectivity index (χ1) is 9.90. The Kier molecular flexibility index (Phi) is 4.32. The largest absolute Gasteiger partial charge is 0.480 e. The van der Waals surface area contributed by atoms with Gasteiger partial charge >= 0.3 is 5.97 Å². The van der Waals surface area contributed by atoms with Crippen LogP contribution < -0.4 is 5.32 Å². The van der Waals surface area contributed by atoms with Crippen molar-refractivity contribution in [2.75, 3.05) is 0 Å². The number of amides is 1. The maximum absolute atomic E-state index is 13.7. The van der Waals surface area contributed by atoms with Crippen molar-refractivity contribution in [1.82, 2.24) is 10.3 Å². The number of aliphatic carboxylic acids is 1. The number of nitrogens with zero attached hydrogens (tertiary/aromatic N) is 1. The van der Waals surface area contributed by atoms with Crippen molar-refractivity contribution >= 4 is 23.2 Å². The number of carbonyl (C=O) groups is 2. The molecule has 0 spiro atoms. The third-order valence-corrected chi connectivity index (χ3v) is 4.01. The quantitative estimate of drug-likeness (QED) is 0.909. The molecule has 0 saturated heterocycles. The maximum Gasteiger partial charge on any atom is 0.325 e. The summed E-state index contributed by atoms with van der Waals surface area (Å²) in [6, 6.07) is 5.15. The van der Waals surface area contributed by atoms with Gasteiger partial charge in [0, 0.05) is 5.56 Å². The lowest BCUT2D eigenvalue weighted by atomic mass is 10.2. The van der Waals surface area contributed by atoms with Crippen LogP contribution in [0, 0.1) is 12.7 Å². The van der Waals surface area contributed by atoms with Gasteiger partial charge in [-0.3, -0.25) is 9.59 Å². The Hall–Kier alpha value is -2.28. The number of benzene rings is 1. The van der Waals surface area contributed by atoms with Crippen molar-refractivity contribution < 1.29 is 19.1 Å². The third-order valence-electron chi connectivity index (χ3n) is 2.83. The Morgan fingerprint density at radius 1 is 1.38 bits per heavy atom. The molecule has 0 radical (unpaired) electrons. The van der Waals surface area contributed by atoms with E-state index in [-0.39, 0.29) is 4.88 Å². The minimum atomic E-state index is -1.13. The first-order valence-corrected chi connectivity index (χ1v) is 6.97. The summed E-state index contributed by atoms with van der Waals surface area (Å²) in [5.41, 5.74) is 0.754. The molecule has 0 saturated carbocycles. The summed E-state index contributed by atoms with van der Waals surface area (Å²) in [6.07, 6.45) is 0. The van der Waals surface area contributed by atoms with Crippen molar-refractivity contribution in [2.45, 2.75) is 19.9 Å². The molecule has 2 N–H and O–H groups in total. The molecule has 21 heavy (non-hydrogen) atoms. The van der Waals surface area contributed by atoms with E-state index in [0.29, 0.717) is 16.3 Å². The Bertz CT molecular complexity index is 699. The number of rotatable bonds is 4. The van der Waals surface area contributed by atoms with E-state index in [1.807, 2.05) is 0 Å². The molecule has 2 aromatic rings. The Morgan fingerprint density at radius 3 is 2.67 bits per heavy atom. The van der Waals surface area contributed by atoms with E-state index in [1.165, 1.54) is 13.0 Å². The smallest absolute Gasteiger partial charge is 0.325 e. The molecule has 0 aliphatic rings. The second kappa shape index (κ2) is 6.01. The molecule has 1 amide bonds. The number of carboxylic acids is 1. The predicted octanol–water partition coefficient (Wildman–Crippen LogP) is 2.46. The molecule has 110 valence electrons. The number of aryl methyl sites for hydroxylation is 1. The molecule has 1 heterocycles. The van der Waals surface area contributed by atoms with Gasteiger partial charge in [-0.1, -0.05) is 12.1 Å². The first kappa shape index (κ1) is 15.1. The lowest BCUT2D eigenvalue weighted by Gasteiger charge is -2.07. The van der Waals surface area contributed by atoms with Gasteiger partial charge in [-0.05, 0) is 26.0 Å². The molecule has 0 bridgehead atoms. The average Bonchev–Trinajstić information content (AvgIpc) is 2.81. The van der Waals surface area contributed by atoms with Gasteiger partial charge in [0.2, 0.25) is 0 Å². The number of halogens is 1. The molecule has 2 rings (SSSR count). The number of carboxylic acid groups (broad SMARTS) is 1. The molecular formula is C14H13FN2O3S. The molecule has 1 aromatic carbocycles. The van der Waals surface area contributed by atoms with Gasteiger partial charge in [-0.25, -0.2) is 9.37 Å². The number of aromatic nitrogens is 1. The summed E-state index contributed by atoms with van der Waals surface area (Å²) in [4.78, 5) is 27.2. The summed E-state index contributed by atoms with van der Waals surface area (Å²) in [5.74, 6) is -2.07. The molecule has 0 aliphatic heterocycles. The average molecular weight is 308 g/mol. The number of thiazole rings is 1. The van der Waals surface area contributed by atoms with Crippen molar-refractivity contribution in [3.8, 4) is 10.6 Å². The van der Waals surface area contributed by atoms with Crippen LogP contribution in [0.3, 0.4) is 0 Å². The molecule has 7 heteroatoms. The van der Waals surface area contributed by atoms with E-state index in [2.05, 4.69) is 10.3 Å². The summed E-state index contributed by atoms with van der Waals surface area (Å²) in [6.45, 7) is 3.00.